The minimum atomic E-state index is -0.665. The van der Waals surface area contributed by atoms with Gasteiger partial charge in [-0.2, -0.15) is 0 Å². The molecule has 0 spiro atoms. The maximum Gasteiger partial charge on any atom is 0.246 e. The third-order valence-electron chi connectivity index (χ3n) is 4.20. The highest BCUT2D eigenvalue weighted by atomic mass is 16.5. The Morgan fingerprint density at radius 2 is 2.05 bits per heavy atom. The molecule has 2 amide bonds. The minimum absolute atomic E-state index is 0.0101. The molecule has 0 aromatic rings. The lowest BCUT2D eigenvalue weighted by Crippen LogP contribution is -2.67. The van der Waals surface area contributed by atoms with Crippen LogP contribution in [-0.2, 0) is 19.1 Å². The maximum atomic E-state index is 12.2. The van der Waals surface area contributed by atoms with Crippen molar-refractivity contribution in [3.63, 3.8) is 0 Å². The second-order valence-corrected chi connectivity index (χ2v) is 5.61. The van der Waals surface area contributed by atoms with Crippen LogP contribution in [0.3, 0.4) is 0 Å². The van der Waals surface area contributed by atoms with Gasteiger partial charge in [-0.25, -0.2) is 0 Å². The monoisotopic (exact) mass is 284 g/mol. The Balaban J connectivity index is 1.86. The molecule has 1 N–H and O–H groups in total. The van der Waals surface area contributed by atoms with Gasteiger partial charge in [0.25, 0.3) is 0 Å². The average Bonchev–Trinajstić information content (AvgIpc) is 3.26. The molecule has 1 saturated carbocycles. The zero-order chi connectivity index (χ0) is 14.6. The summed E-state index contributed by atoms with van der Waals surface area (Å²) in [7, 11) is 1.63. The summed E-state index contributed by atoms with van der Waals surface area (Å²) in [6.45, 7) is 4.30. The lowest BCUT2D eigenvalue weighted by atomic mass is 9.89. The first-order valence-electron chi connectivity index (χ1n) is 7.26. The molecule has 1 aliphatic carbocycles. The van der Waals surface area contributed by atoms with Gasteiger partial charge < -0.3 is 19.7 Å². The normalized spacial score (nSPS) is 26.8. The molecular weight excluding hydrogens is 260 g/mol. The van der Waals surface area contributed by atoms with Crippen molar-refractivity contribution in [1.29, 1.82) is 0 Å². The first-order valence-corrected chi connectivity index (χ1v) is 7.26. The zero-order valence-electron chi connectivity index (χ0n) is 12.3. The molecule has 6 nitrogen and oxygen atoms in total. The van der Waals surface area contributed by atoms with Crippen LogP contribution in [0.4, 0.5) is 0 Å². The van der Waals surface area contributed by atoms with Crippen LogP contribution >= 0.6 is 0 Å². The van der Waals surface area contributed by atoms with Crippen molar-refractivity contribution >= 4 is 11.8 Å². The Hall–Kier alpha value is -1.14. The summed E-state index contributed by atoms with van der Waals surface area (Å²) in [6, 6.07) is 0. The van der Waals surface area contributed by atoms with Crippen LogP contribution in [0.25, 0.3) is 0 Å². The van der Waals surface area contributed by atoms with E-state index in [1.54, 1.807) is 12.0 Å². The Bertz CT molecular complexity index is 370. The largest absolute Gasteiger partial charge is 0.382 e. The van der Waals surface area contributed by atoms with Gasteiger partial charge in [0.15, 0.2) is 0 Å². The van der Waals surface area contributed by atoms with E-state index < -0.39 is 5.54 Å². The van der Waals surface area contributed by atoms with E-state index in [9.17, 15) is 9.59 Å². The molecule has 2 aliphatic rings. The van der Waals surface area contributed by atoms with E-state index in [1.807, 2.05) is 6.92 Å². The molecule has 0 bridgehead atoms. The summed E-state index contributed by atoms with van der Waals surface area (Å²) in [6.07, 6.45) is 2.79. The molecule has 20 heavy (non-hydrogen) atoms. The third kappa shape index (κ3) is 3.12. The number of amides is 2. The molecule has 1 aliphatic heterocycles. The fourth-order valence-electron chi connectivity index (χ4n) is 2.79. The number of nitrogens with zero attached hydrogens (tertiary/aromatic N) is 1. The van der Waals surface area contributed by atoms with Crippen LogP contribution in [0.15, 0.2) is 0 Å². The van der Waals surface area contributed by atoms with Crippen LogP contribution in [0.1, 0.15) is 26.2 Å². The van der Waals surface area contributed by atoms with Crippen molar-refractivity contribution in [2.45, 2.75) is 31.7 Å². The average molecular weight is 284 g/mol. The molecular formula is C14H24N2O4. The van der Waals surface area contributed by atoms with Crippen molar-refractivity contribution in [2.75, 3.05) is 40.0 Å². The number of piperazine rings is 1. The number of hydrogen-bond donors (Lipinski definition) is 1. The van der Waals surface area contributed by atoms with Crippen LogP contribution in [0.5, 0.6) is 0 Å². The highest BCUT2D eigenvalue weighted by Crippen LogP contribution is 2.44. The number of nitrogens with one attached hydrogen (secondary N) is 1. The summed E-state index contributed by atoms with van der Waals surface area (Å²) >= 11 is 0. The lowest BCUT2D eigenvalue weighted by Gasteiger charge is -2.44. The highest BCUT2D eigenvalue weighted by molar-refractivity contribution is 5.98. The van der Waals surface area contributed by atoms with Gasteiger partial charge in [-0.05, 0) is 32.1 Å². The topological polar surface area (TPSA) is 67.9 Å². The summed E-state index contributed by atoms with van der Waals surface area (Å²) in [4.78, 5) is 26.0. The van der Waals surface area contributed by atoms with Gasteiger partial charge in [-0.15, -0.1) is 0 Å². The van der Waals surface area contributed by atoms with E-state index in [1.165, 1.54) is 0 Å². The van der Waals surface area contributed by atoms with Crippen LogP contribution in [0.2, 0.25) is 0 Å². The summed E-state index contributed by atoms with van der Waals surface area (Å²) < 4.78 is 10.3. The molecule has 1 unspecified atom stereocenters. The lowest BCUT2D eigenvalue weighted by molar-refractivity contribution is -0.154. The number of carbonyl (C=O) groups excluding carboxylic acids is 2. The van der Waals surface area contributed by atoms with Gasteiger partial charge in [-0.3, -0.25) is 9.59 Å². The summed E-state index contributed by atoms with van der Waals surface area (Å²) in [5, 5.41) is 2.71. The molecule has 1 atom stereocenters. The fraction of sp³-hybridized carbons (Fsp3) is 0.857. The predicted octanol–water partition coefficient (Wildman–Crippen LogP) is 0.167. The van der Waals surface area contributed by atoms with Crippen LogP contribution < -0.4 is 5.32 Å². The molecule has 0 radical (unpaired) electrons. The third-order valence-corrected chi connectivity index (χ3v) is 4.20. The smallest absolute Gasteiger partial charge is 0.246 e. The zero-order valence-corrected chi connectivity index (χ0v) is 12.3. The van der Waals surface area contributed by atoms with Gasteiger partial charge in [0.2, 0.25) is 11.8 Å². The number of rotatable bonds is 8. The Morgan fingerprint density at radius 3 is 2.70 bits per heavy atom. The molecule has 114 valence electrons. The Morgan fingerprint density at radius 1 is 1.30 bits per heavy atom. The first-order chi connectivity index (χ1) is 9.60. The van der Waals surface area contributed by atoms with E-state index in [0.717, 1.165) is 19.3 Å². The first kappa shape index (κ1) is 15.3. The molecule has 1 saturated heterocycles. The minimum Gasteiger partial charge on any atom is -0.382 e. The van der Waals surface area contributed by atoms with Crippen molar-refractivity contribution in [2.24, 2.45) is 5.92 Å². The van der Waals surface area contributed by atoms with Crippen molar-refractivity contribution in [3.8, 4) is 0 Å². The number of ether oxygens (including phenoxy) is 2. The number of methoxy groups -OCH3 is 1. The van der Waals surface area contributed by atoms with Gasteiger partial charge in [0.1, 0.15) is 5.54 Å². The van der Waals surface area contributed by atoms with Crippen LogP contribution in [0, 0.1) is 5.92 Å². The quantitative estimate of drug-likeness (QED) is 0.645. The van der Waals surface area contributed by atoms with Crippen molar-refractivity contribution in [1.82, 2.24) is 10.2 Å². The molecule has 2 rings (SSSR count). The fourth-order valence-corrected chi connectivity index (χ4v) is 2.79. The van der Waals surface area contributed by atoms with Crippen molar-refractivity contribution in [3.05, 3.63) is 0 Å². The molecule has 1 heterocycles. The summed E-state index contributed by atoms with van der Waals surface area (Å²) in [5.74, 6) is 0.303. The highest BCUT2D eigenvalue weighted by Gasteiger charge is 2.54. The Labute approximate surface area is 119 Å². The van der Waals surface area contributed by atoms with Crippen LogP contribution in [-0.4, -0.2) is 62.3 Å². The van der Waals surface area contributed by atoms with Gasteiger partial charge in [0.05, 0.1) is 19.8 Å². The predicted molar refractivity (Wildman–Crippen MR) is 73.2 cm³/mol. The van der Waals surface area contributed by atoms with E-state index >= 15 is 0 Å². The van der Waals surface area contributed by atoms with Gasteiger partial charge in [-0.1, -0.05) is 0 Å². The molecule has 0 aromatic carbocycles. The molecule has 0 aromatic heterocycles. The van der Waals surface area contributed by atoms with Gasteiger partial charge in [0, 0.05) is 20.3 Å². The van der Waals surface area contributed by atoms with E-state index in [-0.39, 0.29) is 18.4 Å². The van der Waals surface area contributed by atoms with Crippen molar-refractivity contribution < 1.29 is 19.1 Å². The molecule has 6 heteroatoms. The van der Waals surface area contributed by atoms with E-state index in [0.29, 0.717) is 32.3 Å². The number of hydrogen-bond acceptors (Lipinski definition) is 4. The number of carbonyl (C=O) groups is 2. The summed E-state index contributed by atoms with van der Waals surface area (Å²) in [5.41, 5.74) is -0.665. The van der Waals surface area contributed by atoms with E-state index in [2.05, 4.69) is 5.32 Å². The Kier molecular flexibility index (Phi) is 4.99. The SMILES string of the molecule is COCCOCCCN1C(=O)CNC(=O)C1(C)C1CC1. The second kappa shape index (κ2) is 6.54. The van der Waals surface area contributed by atoms with Gasteiger partial charge >= 0.3 is 0 Å². The van der Waals surface area contributed by atoms with E-state index in [4.69, 9.17) is 9.47 Å². The molecule has 2 fully saturated rings. The maximum absolute atomic E-state index is 12.2. The second-order valence-electron chi connectivity index (χ2n) is 5.61. The standard InChI is InChI=1S/C14H24N2O4/c1-14(11-4-5-11)13(18)15-10-12(17)16(14)6-3-7-20-9-8-19-2/h11H,3-10H2,1-2H3,(H,15,18).